The number of furan rings is 1. The number of halogens is 1. The largest absolute Gasteiger partial charge is 0.486 e. The van der Waals surface area contributed by atoms with Crippen LogP contribution < -0.4 is 14.8 Å². The predicted octanol–water partition coefficient (Wildman–Crippen LogP) is 3.47. The zero-order chi connectivity index (χ0) is 20.4. The van der Waals surface area contributed by atoms with E-state index < -0.39 is 0 Å². The topological polar surface area (TPSA) is 90.0 Å². The van der Waals surface area contributed by atoms with Gasteiger partial charge >= 0.3 is 0 Å². The van der Waals surface area contributed by atoms with E-state index in [2.05, 4.69) is 10.5 Å². The Bertz CT molecular complexity index is 1010. The van der Waals surface area contributed by atoms with Crippen LogP contribution in [0.25, 0.3) is 11.3 Å². The van der Waals surface area contributed by atoms with Gasteiger partial charge in [0.05, 0.1) is 6.04 Å². The van der Waals surface area contributed by atoms with Crippen LogP contribution in [0, 0.1) is 6.92 Å². The molecule has 1 amide bonds. The van der Waals surface area contributed by atoms with Crippen molar-refractivity contribution in [3.8, 4) is 22.8 Å². The van der Waals surface area contributed by atoms with E-state index in [1.54, 1.807) is 6.07 Å². The number of rotatable bonds is 6. The number of hydrogen-bond acceptors (Lipinski definition) is 7. The fourth-order valence-electron chi connectivity index (χ4n) is 3.16. The summed E-state index contributed by atoms with van der Waals surface area (Å²) in [7, 11) is 3.87. The lowest BCUT2D eigenvalue weighted by Gasteiger charge is -2.22. The van der Waals surface area contributed by atoms with E-state index in [1.807, 2.05) is 56.3 Å². The molecule has 30 heavy (non-hydrogen) atoms. The molecule has 1 N–H and O–H groups in total. The highest BCUT2D eigenvalue weighted by Gasteiger charge is 2.21. The molecule has 0 saturated heterocycles. The van der Waals surface area contributed by atoms with Gasteiger partial charge in [0.15, 0.2) is 23.0 Å². The molecule has 0 radical (unpaired) electrons. The van der Waals surface area contributed by atoms with Gasteiger partial charge in [-0.05, 0) is 51.4 Å². The summed E-state index contributed by atoms with van der Waals surface area (Å²) >= 11 is 0. The highest BCUT2D eigenvalue weighted by Crippen LogP contribution is 2.34. The van der Waals surface area contributed by atoms with Gasteiger partial charge in [0.2, 0.25) is 0 Å². The van der Waals surface area contributed by atoms with Crippen molar-refractivity contribution in [3.05, 3.63) is 53.6 Å². The Morgan fingerprint density at radius 1 is 1.13 bits per heavy atom. The minimum absolute atomic E-state index is 0. The number of hydrogen-bond donors (Lipinski definition) is 1. The lowest BCUT2D eigenvalue weighted by atomic mass is 10.1. The van der Waals surface area contributed by atoms with Gasteiger partial charge in [-0.25, -0.2) is 0 Å². The van der Waals surface area contributed by atoms with Gasteiger partial charge < -0.3 is 23.7 Å². The molecular formula is C21H24ClN3O5. The summed E-state index contributed by atoms with van der Waals surface area (Å²) < 4.78 is 22.2. The third-order valence-electron chi connectivity index (χ3n) is 4.74. The maximum atomic E-state index is 12.6. The van der Waals surface area contributed by atoms with Crippen LogP contribution in [0.2, 0.25) is 0 Å². The number of amides is 1. The Labute approximate surface area is 180 Å². The van der Waals surface area contributed by atoms with Crippen LogP contribution in [-0.4, -0.2) is 49.8 Å². The summed E-state index contributed by atoms with van der Waals surface area (Å²) in [6.07, 6.45) is 0. The van der Waals surface area contributed by atoms with Crippen molar-refractivity contribution in [2.75, 3.05) is 33.9 Å². The molecule has 2 aromatic heterocycles. The summed E-state index contributed by atoms with van der Waals surface area (Å²) in [5, 5.41) is 6.80. The summed E-state index contributed by atoms with van der Waals surface area (Å²) in [4.78, 5) is 14.5. The minimum Gasteiger partial charge on any atom is -0.486 e. The molecule has 9 heteroatoms. The van der Waals surface area contributed by atoms with E-state index in [0.717, 1.165) is 17.1 Å². The number of nitrogens with zero attached hydrogens (tertiary/aromatic N) is 2. The van der Waals surface area contributed by atoms with Gasteiger partial charge in [0.25, 0.3) is 5.91 Å². The van der Waals surface area contributed by atoms with Crippen molar-refractivity contribution in [1.29, 1.82) is 0 Å². The number of aryl methyl sites for hydroxylation is 1. The van der Waals surface area contributed by atoms with E-state index in [1.165, 1.54) is 0 Å². The molecule has 0 saturated carbocycles. The van der Waals surface area contributed by atoms with Crippen molar-refractivity contribution in [1.82, 2.24) is 15.4 Å². The highest BCUT2D eigenvalue weighted by atomic mass is 35.5. The zero-order valence-electron chi connectivity index (χ0n) is 17.0. The zero-order valence-corrected chi connectivity index (χ0v) is 17.8. The maximum absolute atomic E-state index is 12.6. The lowest BCUT2D eigenvalue weighted by Crippen LogP contribution is -2.34. The Balaban J connectivity index is 0.00000256. The number of fused-ring (bicyclic) bond motifs is 1. The molecule has 0 bridgehead atoms. The number of carbonyl (C=O) groups excluding carboxylic acids is 1. The molecular weight excluding hydrogens is 410 g/mol. The van der Waals surface area contributed by atoms with Crippen molar-refractivity contribution >= 4 is 18.3 Å². The number of nitrogens with one attached hydrogen (secondary N) is 1. The van der Waals surface area contributed by atoms with Crippen LogP contribution in [0.5, 0.6) is 11.5 Å². The van der Waals surface area contributed by atoms with Gasteiger partial charge in [-0.1, -0.05) is 5.16 Å². The maximum Gasteiger partial charge on any atom is 0.273 e. The van der Waals surface area contributed by atoms with Gasteiger partial charge in [-0.15, -0.1) is 12.4 Å². The van der Waals surface area contributed by atoms with Gasteiger partial charge in [-0.3, -0.25) is 9.69 Å². The first kappa shape index (κ1) is 21.7. The fraction of sp³-hybridized carbons (Fsp3) is 0.333. The fourth-order valence-corrected chi connectivity index (χ4v) is 3.16. The summed E-state index contributed by atoms with van der Waals surface area (Å²) in [6, 6.07) is 10.8. The number of carbonyl (C=O) groups is 1. The predicted molar refractivity (Wildman–Crippen MR) is 112 cm³/mol. The first-order valence-electron chi connectivity index (χ1n) is 9.39. The summed E-state index contributed by atoms with van der Waals surface area (Å²) in [5.74, 6) is 3.15. The van der Waals surface area contributed by atoms with Crippen molar-refractivity contribution in [3.63, 3.8) is 0 Å². The van der Waals surface area contributed by atoms with Crippen molar-refractivity contribution < 1.29 is 23.2 Å². The molecule has 1 atom stereocenters. The van der Waals surface area contributed by atoms with Gasteiger partial charge in [0, 0.05) is 18.2 Å². The Morgan fingerprint density at radius 2 is 1.90 bits per heavy atom. The summed E-state index contributed by atoms with van der Waals surface area (Å²) in [5.41, 5.74) is 0.973. The number of benzene rings is 1. The molecule has 0 spiro atoms. The number of ether oxygens (including phenoxy) is 2. The molecule has 1 aliphatic heterocycles. The van der Waals surface area contributed by atoms with Crippen LogP contribution in [-0.2, 0) is 0 Å². The average Bonchev–Trinajstić information content (AvgIpc) is 3.37. The molecule has 3 aromatic rings. The van der Waals surface area contributed by atoms with Crippen LogP contribution in [0.3, 0.4) is 0 Å². The third-order valence-corrected chi connectivity index (χ3v) is 4.74. The molecule has 1 aliphatic rings. The average molecular weight is 434 g/mol. The van der Waals surface area contributed by atoms with E-state index in [-0.39, 0.29) is 30.0 Å². The van der Waals surface area contributed by atoms with Gasteiger partial charge in [0.1, 0.15) is 24.7 Å². The van der Waals surface area contributed by atoms with E-state index in [9.17, 15) is 4.79 Å². The molecule has 160 valence electrons. The Hall–Kier alpha value is -2.97. The standard InChI is InChI=1S/C21H23N3O5.ClH/c1-13-4-6-17(28-13)16(24(2)3)12-22-21(25)15-11-19(29-23-15)14-5-7-18-20(10-14)27-9-8-26-18;/h4-7,10-11,16H,8-9,12H2,1-3H3,(H,22,25);1H. The second kappa shape index (κ2) is 9.23. The first-order chi connectivity index (χ1) is 14.0. The smallest absolute Gasteiger partial charge is 0.273 e. The van der Waals surface area contributed by atoms with Crippen LogP contribution >= 0.6 is 12.4 Å². The van der Waals surface area contributed by atoms with Crippen molar-refractivity contribution in [2.45, 2.75) is 13.0 Å². The normalized spacial score (nSPS) is 13.6. The van der Waals surface area contributed by atoms with Crippen molar-refractivity contribution in [2.24, 2.45) is 0 Å². The van der Waals surface area contributed by atoms with Crippen LogP contribution in [0.1, 0.15) is 28.1 Å². The molecule has 4 rings (SSSR count). The number of likely N-dealkylation sites (N-methyl/N-ethyl adjacent to an activating group) is 1. The quantitative estimate of drug-likeness (QED) is 0.636. The summed E-state index contributed by atoms with van der Waals surface area (Å²) in [6.45, 7) is 3.31. The Kier molecular flexibility index (Phi) is 6.69. The monoisotopic (exact) mass is 433 g/mol. The molecule has 1 aromatic carbocycles. The molecule has 0 aliphatic carbocycles. The molecule has 0 fully saturated rings. The second-order valence-corrected chi connectivity index (χ2v) is 7.07. The third kappa shape index (κ3) is 4.60. The van der Waals surface area contributed by atoms with Gasteiger partial charge in [-0.2, -0.15) is 0 Å². The first-order valence-corrected chi connectivity index (χ1v) is 9.39. The van der Waals surface area contributed by atoms with E-state index >= 15 is 0 Å². The molecule has 8 nitrogen and oxygen atoms in total. The van der Waals surface area contributed by atoms with E-state index in [4.69, 9.17) is 18.4 Å². The van der Waals surface area contributed by atoms with Crippen LogP contribution in [0.4, 0.5) is 0 Å². The highest BCUT2D eigenvalue weighted by molar-refractivity contribution is 5.93. The van der Waals surface area contributed by atoms with E-state index in [0.29, 0.717) is 37.0 Å². The SMILES string of the molecule is Cc1ccc(C(CNC(=O)c2cc(-c3ccc4c(c3)OCCO4)on2)N(C)C)o1.Cl. The Morgan fingerprint density at radius 3 is 2.60 bits per heavy atom. The minimum atomic E-state index is -0.312. The molecule has 1 unspecified atom stereocenters. The lowest BCUT2D eigenvalue weighted by molar-refractivity contribution is 0.0930. The second-order valence-electron chi connectivity index (χ2n) is 7.07. The number of aromatic nitrogens is 1. The van der Waals surface area contributed by atoms with Crippen LogP contribution in [0.15, 0.2) is 45.3 Å². The molecule has 3 heterocycles.